The summed E-state index contributed by atoms with van der Waals surface area (Å²) in [5.74, 6) is 0.550. The minimum absolute atomic E-state index is 0.109. The number of carbonyl (C=O) groups excluding carboxylic acids is 2. The molecule has 33 heavy (non-hydrogen) atoms. The number of ether oxygens (including phenoxy) is 2. The van der Waals surface area contributed by atoms with Gasteiger partial charge in [0.05, 0.1) is 25.0 Å². The van der Waals surface area contributed by atoms with Gasteiger partial charge in [-0.3, -0.25) is 9.59 Å². The van der Waals surface area contributed by atoms with E-state index in [1.165, 1.54) is 23.5 Å². The molecular formula is C23H27N3O6S. The van der Waals surface area contributed by atoms with Crippen LogP contribution in [0.3, 0.4) is 0 Å². The van der Waals surface area contributed by atoms with Crippen LogP contribution in [0.2, 0.25) is 0 Å². The van der Waals surface area contributed by atoms with Crippen LogP contribution >= 0.6 is 0 Å². The van der Waals surface area contributed by atoms with E-state index < -0.39 is 15.9 Å². The van der Waals surface area contributed by atoms with E-state index in [0.29, 0.717) is 23.7 Å². The van der Waals surface area contributed by atoms with Gasteiger partial charge in [0.2, 0.25) is 21.8 Å². The third-order valence-electron chi connectivity index (χ3n) is 6.09. The van der Waals surface area contributed by atoms with Crippen molar-refractivity contribution in [1.29, 1.82) is 0 Å². The number of sulfonamides is 1. The molecule has 2 aliphatic rings. The molecule has 2 amide bonds. The van der Waals surface area contributed by atoms with Gasteiger partial charge < -0.3 is 19.3 Å². The lowest BCUT2D eigenvalue weighted by atomic mass is 10.1. The summed E-state index contributed by atoms with van der Waals surface area (Å²) in [5.41, 5.74) is 0.699. The first-order chi connectivity index (χ1) is 15.8. The van der Waals surface area contributed by atoms with Gasteiger partial charge >= 0.3 is 0 Å². The Morgan fingerprint density at radius 2 is 1.61 bits per heavy atom. The van der Waals surface area contributed by atoms with E-state index in [1.807, 2.05) is 6.07 Å². The van der Waals surface area contributed by atoms with Crippen molar-refractivity contribution >= 4 is 27.5 Å². The maximum Gasteiger partial charge on any atom is 0.243 e. The number of rotatable bonds is 6. The van der Waals surface area contributed by atoms with Crippen LogP contribution in [0.25, 0.3) is 0 Å². The maximum absolute atomic E-state index is 13.1. The van der Waals surface area contributed by atoms with Gasteiger partial charge in [0.15, 0.2) is 0 Å². The predicted octanol–water partition coefficient (Wildman–Crippen LogP) is 1.59. The fourth-order valence-corrected chi connectivity index (χ4v) is 5.63. The van der Waals surface area contributed by atoms with E-state index in [0.717, 1.165) is 0 Å². The SMILES string of the molecule is COc1ccc(S(=O)(=O)N2CCN(C(=O)C3CC(=O)N(c4cccc(OC)c4)C3)CC2)cc1. The zero-order valence-corrected chi connectivity index (χ0v) is 19.5. The molecule has 0 aliphatic carbocycles. The molecule has 0 bridgehead atoms. The molecule has 2 aromatic rings. The topological polar surface area (TPSA) is 96.5 Å². The van der Waals surface area contributed by atoms with Crippen LogP contribution in [0.1, 0.15) is 6.42 Å². The molecule has 0 radical (unpaired) electrons. The molecule has 0 saturated carbocycles. The molecule has 0 N–H and O–H groups in total. The van der Waals surface area contributed by atoms with Crippen molar-refractivity contribution in [3.63, 3.8) is 0 Å². The van der Waals surface area contributed by atoms with Crippen LogP contribution in [0.5, 0.6) is 11.5 Å². The number of anilines is 1. The summed E-state index contributed by atoms with van der Waals surface area (Å²) >= 11 is 0. The molecule has 0 aromatic heterocycles. The van der Waals surface area contributed by atoms with Crippen molar-refractivity contribution in [1.82, 2.24) is 9.21 Å². The Labute approximate surface area is 193 Å². The van der Waals surface area contributed by atoms with Crippen molar-refractivity contribution in [2.45, 2.75) is 11.3 Å². The molecule has 4 rings (SSSR count). The zero-order chi connectivity index (χ0) is 23.6. The van der Waals surface area contributed by atoms with E-state index in [2.05, 4.69) is 0 Å². The smallest absolute Gasteiger partial charge is 0.243 e. The minimum atomic E-state index is -3.65. The molecule has 9 nitrogen and oxygen atoms in total. The molecule has 2 saturated heterocycles. The molecule has 2 heterocycles. The van der Waals surface area contributed by atoms with Gasteiger partial charge in [-0.15, -0.1) is 0 Å². The minimum Gasteiger partial charge on any atom is -0.497 e. The second kappa shape index (κ2) is 9.40. The standard InChI is InChI=1S/C23H27N3O6S/c1-31-19-6-8-21(9-7-19)33(29,30)25-12-10-24(11-13-25)23(28)17-14-22(27)26(16-17)18-4-3-5-20(15-18)32-2/h3-9,15,17H,10-14,16H2,1-2H3. The zero-order valence-electron chi connectivity index (χ0n) is 18.6. The third-order valence-corrected chi connectivity index (χ3v) is 8.00. The summed E-state index contributed by atoms with van der Waals surface area (Å²) in [6.45, 7) is 1.30. The van der Waals surface area contributed by atoms with Crippen molar-refractivity contribution in [2.75, 3.05) is 51.8 Å². The predicted molar refractivity (Wildman–Crippen MR) is 122 cm³/mol. The van der Waals surface area contributed by atoms with Crippen LogP contribution < -0.4 is 14.4 Å². The first-order valence-corrected chi connectivity index (χ1v) is 12.1. The first kappa shape index (κ1) is 23.1. The summed E-state index contributed by atoms with van der Waals surface area (Å²) < 4.78 is 37.6. The van der Waals surface area contributed by atoms with Gasteiger partial charge in [0.25, 0.3) is 0 Å². The number of carbonyl (C=O) groups is 2. The highest BCUT2D eigenvalue weighted by atomic mass is 32.2. The van der Waals surface area contributed by atoms with Crippen LogP contribution in [-0.2, 0) is 19.6 Å². The molecule has 0 spiro atoms. The van der Waals surface area contributed by atoms with Crippen LogP contribution in [-0.4, -0.2) is 76.4 Å². The Bertz CT molecular complexity index is 1130. The number of benzene rings is 2. The number of piperazine rings is 1. The quantitative estimate of drug-likeness (QED) is 0.632. The number of amides is 2. The fraction of sp³-hybridized carbons (Fsp3) is 0.391. The second-order valence-corrected chi connectivity index (χ2v) is 9.95. The van der Waals surface area contributed by atoms with Crippen molar-refractivity contribution in [3.05, 3.63) is 48.5 Å². The van der Waals surface area contributed by atoms with Crippen LogP contribution in [0.15, 0.2) is 53.4 Å². The normalized spacial score (nSPS) is 19.6. The number of hydrogen-bond donors (Lipinski definition) is 0. The van der Waals surface area contributed by atoms with E-state index in [1.54, 1.807) is 47.2 Å². The highest BCUT2D eigenvalue weighted by molar-refractivity contribution is 7.89. The fourth-order valence-electron chi connectivity index (χ4n) is 4.20. The molecule has 176 valence electrons. The van der Waals surface area contributed by atoms with Crippen molar-refractivity contribution in [3.8, 4) is 11.5 Å². The van der Waals surface area contributed by atoms with Gasteiger partial charge in [-0.05, 0) is 36.4 Å². The Kier molecular flexibility index (Phi) is 6.57. The molecule has 2 fully saturated rings. The third kappa shape index (κ3) is 4.67. The average Bonchev–Trinajstić information content (AvgIpc) is 3.25. The lowest BCUT2D eigenvalue weighted by Gasteiger charge is -2.35. The average molecular weight is 474 g/mol. The van der Waals surface area contributed by atoms with Crippen LogP contribution in [0.4, 0.5) is 5.69 Å². The highest BCUT2D eigenvalue weighted by Gasteiger charge is 2.39. The van der Waals surface area contributed by atoms with Gasteiger partial charge in [0.1, 0.15) is 11.5 Å². The summed E-state index contributed by atoms with van der Waals surface area (Å²) in [6.07, 6.45) is 0.139. The van der Waals surface area contributed by atoms with E-state index >= 15 is 0 Å². The number of hydrogen-bond acceptors (Lipinski definition) is 6. The van der Waals surface area contributed by atoms with Gasteiger partial charge in [-0.1, -0.05) is 6.07 Å². The molecule has 1 atom stereocenters. The van der Waals surface area contributed by atoms with Gasteiger partial charge in [-0.2, -0.15) is 4.31 Å². The largest absolute Gasteiger partial charge is 0.497 e. The summed E-state index contributed by atoms with van der Waals surface area (Å²) in [5, 5.41) is 0. The summed E-state index contributed by atoms with van der Waals surface area (Å²) in [4.78, 5) is 29.1. The number of methoxy groups -OCH3 is 2. The van der Waals surface area contributed by atoms with Crippen LogP contribution in [0, 0.1) is 5.92 Å². The molecular weight excluding hydrogens is 446 g/mol. The number of nitrogens with zero attached hydrogens (tertiary/aromatic N) is 3. The lowest BCUT2D eigenvalue weighted by Crippen LogP contribution is -2.52. The first-order valence-electron chi connectivity index (χ1n) is 10.7. The highest BCUT2D eigenvalue weighted by Crippen LogP contribution is 2.29. The van der Waals surface area contributed by atoms with Crippen molar-refractivity contribution < 1.29 is 27.5 Å². The van der Waals surface area contributed by atoms with Crippen molar-refractivity contribution in [2.24, 2.45) is 5.92 Å². The molecule has 1 unspecified atom stereocenters. The Morgan fingerprint density at radius 1 is 0.939 bits per heavy atom. The summed E-state index contributed by atoms with van der Waals surface area (Å²) in [7, 11) is -0.567. The van der Waals surface area contributed by atoms with E-state index in [4.69, 9.17) is 9.47 Å². The van der Waals surface area contributed by atoms with Gasteiger partial charge in [-0.25, -0.2) is 8.42 Å². The maximum atomic E-state index is 13.1. The van der Waals surface area contributed by atoms with E-state index in [-0.39, 0.29) is 49.3 Å². The Hall–Kier alpha value is -3.11. The van der Waals surface area contributed by atoms with Gasteiger partial charge in [0, 0.05) is 50.9 Å². The Morgan fingerprint density at radius 3 is 2.24 bits per heavy atom. The molecule has 10 heteroatoms. The lowest BCUT2D eigenvalue weighted by molar-refractivity contribution is -0.136. The second-order valence-electron chi connectivity index (χ2n) is 8.01. The molecule has 2 aromatic carbocycles. The summed E-state index contributed by atoms with van der Waals surface area (Å²) in [6, 6.07) is 13.4. The van der Waals surface area contributed by atoms with E-state index in [9.17, 15) is 18.0 Å². The molecule has 2 aliphatic heterocycles. The Balaban J connectivity index is 1.37. The monoisotopic (exact) mass is 473 g/mol.